The lowest BCUT2D eigenvalue weighted by molar-refractivity contribution is 0.0951. The number of hydrogen-bond donors (Lipinski definition) is 3. The minimum atomic E-state index is -0.270. The van der Waals surface area contributed by atoms with E-state index < -0.39 is 0 Å². The van der Waals surface area contributed by atoms with E-state index in [1.54, 1.807) is 6.07 Å². The molecule has 1 aromatic heterocycles. The number of H-pyrrole nitrogens is 1. The molecule has 106 valence electrons. The van der Waals surface area contributed by atoms with Crippen molar-refractivity contribution in [3.63, 3.8) is 0 Å². The van der Waals surface area contributed by atoms with Crippen LogP contribution in [-0.2, 0) is 0 Å². The van der Waals surface area contributed by atoms with Crippen LogP contribution in [0.1, 0.15) is 24.2 Å². The Balaban J connectivity index is 2.24. The summed E-state index contributed by atoms with van der Waals surface area (Å²) in [5, 5.41) is 6.82. The Morgan fingerprint density at radius 1 is 1.35 bits per heavy atom. The quantitative estimate of drug-likeness (QED) is 0.767. The van der Waals surface area contributed by atoms with E-state index in [2.05, 4.69) is 15.6 Å². The second kappa shape index (κ2) is 6.34. The van der Waals surface area contributed by atoms with Gasteiger partial charge in [0.15, 0.2) is 0 Å². The van der Waals surface area contributed by atoms with E-state index in [1.165, 1.54) is 6.07 Å². The monoisotopic (exact) mass is 273 g/mol. The molecule has 5 nitrogen and oxygen atoms in total. The van der Waals surface area contributed by atoms with Crippen LogP contribution in [0, 0.1) is 0 Å². The molecule has 0 radical (unpaired) electrons. The average Bonchev–Trinajstić information content (AvgIpc) is 2.44. The lowest BCUT2D eigenvalue weighted by atomic mass is 10.1. The molecule has 0 bridgehead atoms. The predicted molar refractivity (Wildman–Crippen MR) is 80.0 cm³/mol. The summed E-state index contributed by atoms with van der Waals surface area (Å²) in [4.78, 5) is 26.6. The summed E-state index contributed by atoms with van der Waals surface area (Å²) >= 11 is 0. The van der Waals surface area contributed by atoms with Gasteiger partial charge < -0.3 is 15.6 Å². The molecule has 0 saturated carbocycles. The third-order valence-electron chi connectivity index (χ3n) is 3.12. The number of nitrogens with one attached hydrogen (secondary N) is 3. The van der Waals surface area contributed by atoms with E-state index in [4.69, 9.17) is 0 Å². The number of pyridine rings is 1. The lowest BCUT2D eigenvalue weighted by Gasteiger charge is -2.13. The van der Waals surface area contributed by atoms with Gasteiger partial charge in [0.25, 0.3) is 5.91 Å². The number of amides is 1. The second-order valence-corrected chi connectivity index (χ2v) is 4.76. The molecule has 0 aliphatic carbocycles. The first-order chi connectivity index (χ1) is 9.61. The number of aromatic amines is 1. The van der Waals surface area contributed by atoms with Gasteiger partial charge in [0.1, 0.15) is 0 Å². The number of benzene rings is 1. The maximum atomic E-state index is 12.2. The van der Waals surface area contributed by atoms with Crippen molar-refractivity contribution in [2.24, 2.45) is 0 Å². The highest BCUT2D eigenvalue weighted by Crippen LogP contribution is 2.14. The van der Waals surface area contributed by atoms with Crippen molar-refractivity contribution in [1.29, 1.82) is 0 Å². The number of likely N-dealkylation sites (N-methyl/N-ethyl adjacent to an activating group) is 1. The van der Waals surface area contributed by atoms with Crippen molar-refractivity contribution in [1.82, 2.24) is 15.6 Å². The van der Waals surface area contributed by atoms with Crippen LogP contribution < -0.4 is 16.2 Å². The SMILES string of the molecule is CCN[C@H](C)CNC(=O)c1cc(=O)[nH]c2ccccc12. The van der Waals surface area contributed by atoms with Crippen LogP contribution in [0.3, 0.4) is 0 Å². The molecule has 1 atom stereocenters. The standard InChI is InChI=1S/C15H19N3O2/c1-3-16-10(2)9-17-15(20)12-8-14(19)18-13-7-5-4-6-11(12)13/h4-8,10,16H,3,9H2,1-2H3,(H,17,20)(H,18,19)/t10-/m1/s1. The van der Waals surface area contributed by atoms with Gasteiger partial charge in [-0.2, -0.15) is 0 Å². The number of hydrogen-bond acceptors (Lipinski definition) is 3. The molecule has 0 fully saturated rings. The molecule has 1 amide bonds. The zero-order valence-electron chi connectivity index (χ0n) is 11.7. The van der Waals surface area contributed by atoms with Gasteiger partial charge in [-0.3, -0.25) is 9.59 Å². The number of carbonyl (C=O) groups is 1. The molecule has 0 aliphatic heterocycles. The fourth-order valence-electron chi connectivity index (χ4n) is 2.15. The van der Waals surface area contributed by atoms with Gasteiger partial charge in [0.2, 0.25) is 5.56 Å². The number of fused-ring (bicyclic) bond motifs is 1. The van der Waals surface area contributed by atoms with E-state index >= 15 is 0 Å². The third-order valence-corrected chi connectivity index (χ3v) is 3.12. The molecule has 5 heteroatoms. The molecular formula is C15H19N3O2. The molecule has 2 rings (SSSR count). The van der Waals surface area contributed by atoms with E-state index in [0.717, 1.165) is 11.9 Å². The summed E-state index contributed by atoms with van der Waals surface area (Å²) < 4.78 is 0. The zero-order chi connectivity index (χ0) is 14.5. The van der Waals surface area contributed by atoms with Crippen LogP contribution >= 0.6 is 0 Å². The molecule has 1 heterocycles. The van der Waals surface area contributed by atoms with Gasteiger partial charge in [-0.25, -0.2) is 0 Å². The molecule has 0 aliphatic rings. The Kier molecular flexibility index (Phi) is 4.53. The minimum absolute atomic E-state index is 0.192. The first-order valence-electron chi connectivity index (χ1n) is 6.75. The number of aromatic nitrogens is 1. The topological polar surface area (TPSA) is 74.0 Å². The molecule has 2 aromatic rings. The molecule has 1 aromatic carbocycles. The number of rotatable bonds is 5. The largest absolute Gasteiger partial charge is 0.350 e. The lowest BCUT2D eigenvalue weighted by Crippen LogP contribution is -2.39. The van der Waals surface area contributed by atoms with Crippen LogP contribution in [0.2, 0.25) is 0 Å². The second-order valence-electron chi connectivity index (χ2n) is 4.76. The number of para-hydroxylation sites is 1. The fourth-order valence-corrected chi connectivity index (χ4v) is 2.15. The Labute approximate surface area is 117 Å². The van der Waals surface area contributed by atoms with Crippen molar-refractivity contribution in [2.45, 2.75) is 19.9 Å². The van der Waals surface area contributed by atoms with Crippen molar-refractivity contribution in [3.8, 4) is 0 Å². The Morgan fingerprint density at radius 3 is 2.85 bits per heavy atom. The Bertz CT molecular complexity index is 663. The van der Waals surface area contributed by atoms with Crippen LogP contribution in [0.4, 0.5) is 0 Å². The van der Waals surface area contributed by atoms with Crippen LogP contribution in [-0.4, -0.2) is 30.0 Å². The van der Waals surface area contributed by atoms with Gasteiger partial charge >= 0.3 is 0 Å². The summed E-state index contributed by atoms with van der Waals surface area (Å²) in [6.07, 6.45) is 0. The molecular weight excluding hydrogens is 254 g/mol. The van der Waals surface area contributed by atoms with Gasteiger partial charge in [0, 0.05) is 29.6 Å². The van der Waals surface area contributed by atoms with Crippen LogP contribution in [0.25, 0.3) is 10.9 Å². The predicted octanol–water partition coefficient (Wildman–Crippen LogP) is 1.26. The highest BCUT2D eigenvalue weighted by Gasteiger charge is 2.12. The van der Waals surface area contributed by atoms with E-state index in [-0.39, 0.29) is 17.5 Å². The van der Waals surface area contributed by atoms with Crippen molar-refractivity contribution in [2.75, 3.05) is 13.1 Å². The van der Waals surface area contributed by atoms with Gasteiger partial charge in [-0.1, -0.05) is 25.1 Å². The van der Waals surface area contributed by atoms with E-state index in [0.29, 0.717) is 17.6 Å². The summed E-state index contributed by atoms with van der Waals surface area (Å²) in [5.41, 5.74) is 0.812. The molecule has 0 unspecified atom stereocenters. The van der Waals surface area contributed by atoms with E-state index in [9.17, 15) is 9.59 Å². The summed E-state index contributed by atoms with van der Waals surface area (Å²) in [7, 11) is 0. The Morgan fingerprint density at radius 2 is 2.10 bits per heavy atom. The van der Waals surface area contributed by atoms with Gasteiger partial charge in [0.05, 0.1) is 5.56 Å². The highest BCUT2D eigenvalue weighted by atomic mass is 16.2. The first-order valence-corrected chi connectivity index (χ1v) is 6.75. The van der Waals surface area contributed by atoms with E-state index in [1.807, 2.05) is 32.0 Å². The number of carbonyl (C=O) groups excluding carboxylic acids is 1. The molecule has 3 N–H and O–H groups in total. The first kappa shape index (κ1) is 14.3. The average molecular weight is 273 g/mol. The summed E-state index contributed by atoms with van der Waals surface area (Å²) in [6.45, 7) is 5.39. The van der Waals surface area contributed by atoms with Gasteiger partial charge in [-0.15, -0.1) is 0 Å². The molecule has 20 heavy (non-hydrogen) atoms. The van der Waals surface area contributed by atoms with Crippen molar-refractivity contribution >= 4 is 16.8 Å². The molecule has 0 spiro atoms. The van der Waals surface area contributed by atoms with Crippen molar-refractivity contribution < 1.29 is 4.79 Å². The van der Waals surface area contributed by atoms with Crippen molar-refractivity contribution in [3.05, 3.63) is 46.2 Å². The highest BCUT2D eigenvalue weighted by molar-refractivity contribution is 6.05. The smallest absolute Gasteiger partial charge is 0.252 e. The van der Waals surface area contributed by atoms with Crippen LogP contribution in [0.15, 0.2) is 35.1 Å². The summed E-state index contributed by atoms with van der Waals surface area (Å²) in [5.74, 6) is -0.225. The Hall–Kier alpha value is -2.14. The minimum Gasteiger partial charge on any atom is -0.350 e. The zero-order valence-corrected chi connectivity index (χ0v) is 11.7. The molecule has 0 saturated heterocycles. The fraction of sp³-hybridized carbons (Fsp3) is 0.333. The summed E-state index contributed by atoms with van der Waals surface area (Å²) in [6, 6.07) is 8.82. The normalized spacial score (nSPS) is 12.3. The third kappa shape index (κ3) is 3.24. The maximum absolute atomic E-state index is 12.2. The van der Waals surface area contributed by atoms with Gasteiger partial charge in [-0.05, 0) is 19.5 Å². The van der Waals surface area contributed by atoms with Crippen LogP contribution in [0.5, 0.6) is 0 Å². The maximum Gasteiger partial charge on any atom is 0.252 e.